The Balaban J connectivity index is 1.42. The number of alkyl halides is 3. The molecule has 0 atom stereocenters. The van der Waals surface area contributed by atoms with Gasteiger partial charge in [-0.1, -0.05) is 42.5 Å². The number of aromatic nitrogens is 1. The molecule has 0 amide bonds. The van der Waals surface area contributed by atoms with E-state index in [-0.39, 0.29) is 11.4 Å². The van der Waals surface area contributed by atoms with Crippen molar-refractivity contribution >= 4 is 91.5 Å². The van der Waals surface area contributed by atoms with Gasteiger partial charge in [-0.05, 0) is 60.7 Å². The Labute approximate surface area is 246 Å². The molecule has 42 heavy (non-hydrogen) atoms. The van der Waals surface area contributed by atoms with Crippen LogP contribution in [0, 0.1) is 5.41 Å². The van der Waals surface area contributed by atoms with Gasteiger partial charge in [-0.3, -0.25) is 10.4 Å². The molecule has 7 aromatic rings. The Morgan fingerprint density at radius 2 is 1.26 bits per heavy atom. The van der Waals surface area contributed by atoms with Gasteiger partial charge in [0.25, 0.3) is 0 Å². The molecule has 0 saturated carbocycles. The lowest BCUT2D eigenvalue weighted by Crippen LogP contribution is -2.20. The molecule has 0 fully saturated rings. The zero-order valence-corrected chi connectivity index (χ0v) is 23.4. The van der Waals surface area contributed by atoms with E-state index in [0.717, 1.165) is 36.9 Å². The third kappa shape index (κ3) is 4.56. The van der Waals surface area contributed by atoms with Gasteiger partial charge in [-0.25, -0.2) is 0 Å². The number of fused-ring (bicyclic) bond motifs is 6. The average Bonchev–Trinajstić information content (AvgIpc) is 3.54. The van der Waals surface area contributed by atoms with Crippen molar-refractivity contribution in [1.29, 1.82) is 5.41 Å². The molecular weight excluding hydrogens is 574 g/mol. The maximum atomic E-state index is 13.0. The molecule has 0 radical (unpaired) electrons. The van der Waals surface area contributed by atoms with Gasteiger partial charge < -0.3 is 10.6 Å². The summed E-state index contributed by atoms with van der Waals surface area (Å²) in [4.78, 5) is 6.28. The van der Waals surface area contributed by atoms with Crippen LogP contribution >= 0.6 is 22.7 Å². The molecule has 3 N–H and O–H groups in total. The van der Waals surface area contributed by atoms with E-state index in [2.05, 4.69) is 64.5 Å². The van der Waals surface area contributed by atoms with Crippen molar-refractivity contribution in [3.63, 3.8) is 0 Å². The highest BCUT2D eigenvalue weighted by molar-refractivity contribution is 7.26. The van der Waals surface area contributed by atoms with E-state index in [1.165, 1.54) is 21.0 Å². The van der Waals surface area contributed by atoms with Gasteiger partial charge in [0.15, 0.2) is 0 Å². The number of nitrogens with one attached hydrogen (secondary N) is 1. The fraction of sp³-hybridized carbons (Fsp3) is 0.0303. The van der Waals surface area contributed by atoms with Crippen LogP contribution in [0.2, 0.25) is 0 Å². The summed E-state index contributed by atoms with van der Waals surface area (Å²) in [6, 6.07) is 32.6. The molecule has 7 rings (SSSR count). The Hall–Kier alpha value is -4.73. The van der Waals surface area contributed by atoms with E-state index in [1.54, 1.807) is 34.8 Å². The fourth-order valence-electron chi connectivity index (χ4n) is 5.18. The van der Waals surface area contributed by atoms with E-state index in [1.807, 2.05) is 30.3 Å². The van der Waals surface area contributed by atoms with Crippen molar-refractivity contribution in [2.45, 2.75) is 6.18 Å². The molecule has 0 bridgehead atoms. The predicted molar refractivity (Wildman–Crippen MR) is 171 cm³/mol. The summed E-state index contributed by atoms with van der Waals surface area (Å²) in [7, 11) is 0. The highest BCUT2D eigenvalue weighted by atomic mass is 32.1. The predicted octanol–water partition coefficient (Wildman–Crippen LogP) is 10.2. The molecule has 4 aromatic carbocycles. The van der Waals surface area contributed by atoms with Gasteiger partial charge >= 0.3 is 6.18 Å². The first-order chi connectivity index (χ1) is 20.3. The van der Waals surface area contributed by atoms with Crippen LogP contribution in [0.15, 0.2) is 109 Å². The summed E-state index contributed by atoms with van der Waals surface area (Å²) in [6.07, 6.45) is -2.68. The Kier molecular flexibility index (Phi) is 6.22. The zero-order valence-electron chi connectivity index (χ0n) is 21.8. The third-order valence-corrected chi connectivity index (χ3v) is 9.43. The summed E-state index contributed by atoms with van der Waals surface area (Å²) in [5.41, 5.74) is 6.84. The summed E-state index contributed by atoms with van der Waals surface area (Å²) >= 11 is 3.44. The zero-order chi connectivity index (χ0) is 29.0. The van der Waals surface area contributed by atoms with Crippen molar-refractivity contribution in [3.8, 4) is 0 Å². The van der Waals surface area contributed by atoms with Crippen LogP contribution in [-0.2, 0) is 0 Å². The molecule has 0 aliphatic carbocycles. The molecular formula is C33H21F3N4S2. The molecule has 4 nitrogen and oxygen atoms in total. The van der Waals surface area contributed by atoms with Crippen LogP contribution in [0.5, 0.6) is 0 Å². The van der Waals surface area contributed by atoms with E-state index < -0.39 is 11.9 Å². The number of hydrogen-bond donors (Lipinski definition) is 2. The maximum absolute atomic E-state index is 13.0. The number of nitrogens with two attached hydrogens (primary N) is 1. The summed E-state index contributed by atoms with van der Waals surface area (Å²) in [5, 5.41) is 12.0. The molecule has 3 aromatic heterocycles. The van der Waals surface area contributed by atoms with Crippen LogP contribution < -0.4 is 10.6 Å². The van der Waals surface area contributed by atoms with Crippen LogP contribution in [0.1, 0.15) is 5.69 Å². The minimum absolute atomic E-state index is 0.150. The van der Waals surface area contributed by atoms with E-state index in [9.17, 15) is 13.2 Å². The smallest absolute Gasteiger partial charge is 0.397 e. The summed E-state index contributed by atoms with van der Waals surface area (Å²) in [6.45, 7) is 0. The molecule has 9 heteroatoms. The molecule has 0 aliphatic rings. The first-order valence-electron chi connectivity index (χ1n) is 13.0. The van der Waals surface area contributed by atoms with E-state index in [0.29, 0.717) is 11.8 Å². The SMILES string of the molecule is N=C(/C=C(\N)c1cc(N(c2ccc3c(c2)sc2ccccc23)c2ccc3sc4ccccc4c3c2)ccn1)C(F)(F)F. The van der Waals surface area contributed by atoms with Gasteiger partial charge in [0.1, 0.15) is 5.71 Å². The highest BCUT2D eigenvalue weighted by Crippen LogP contribution is 2.43. The van der Waals surface area contributed by atoms with E-state index in [4.69, 9.17) is 11.1 Å². The van der Waals surface area contributed by atoms with Crippen LogP contribution in [0.4, 0.5) is 30.2 Å². The van der Waals surface area contributed by atoms with Gasteiger partial charge in [0, 0.05) is 63.6 Å². The number of anilines is 3. The number of halogens is 3. The first-order valence-corrected chi connectivity index (χ1v) is 14.6. The first kappa shape index (κ1) is 26.2. The van der Waals surface area contributed by atoms with Gasteiger partial charge in [-0.2, -0.15) is 13.2 Å². The number of nitrogens with zero attached hydrogens (tertiary/aromatic N) is 2. The van der Waals surface area contributed by atoms with Crippen molar-refractivity contribution in [3.05, 3.63) is 115 Å². The fourth-order valence-corrected chi connectivity index (χ4v) is 7.41. The summed E-state index contributed by atoms with van der Waals surface area (Å²) < 4.78 is 43.8. The number of thiophene rings is 2. The van der Waals surface area contributed by atoms with Crippen molar-refractivity contribution in [2.75, 3.05) is 4.90 Å². The van der Waals surface area contributed by atoms with E-state index >= 15 is 0 Å². The number of benzene rings is 4. The molecule has 0 saturated heterocycles. The lowest BCUT2D eigenvalue weighted by molar-refractivity contribution is -0.0583. The normalized spacial score (nSPS) is 12.5. The van der Waals surface area contributed by atoms with Crippen LogP contribution in [-0.4, -0.2) is 16.9 Å². The summed E-state index contributed by atoms with van der Waals surface area (Å²) in [5.74, 6) is 0. The number of rotatable bonds is 5. The lowest BCUT2D eigenvalue weighted by Gasteiger charge is -2.26. The molecule has 0 aliphatic heterocycles. The van der Waals surface area contributed by atoms with Crippen molar-refractivity contribution in [2.24, 2.45) is 5.73 Å². The molecule has 206 valence electrons. The largest absolute Gasteiger partial charge is 0.432 e. The number of pyridine rings is 1. The lowest BCUT2D eigenvalue weighted by atomic mass is 10.1. The quantitative estimate of drug-likeness (QED) is 0.195. The van der Waals surface area contributed by atoms with Crippen molar-refractivity contribution in [1.82, 2.24) is 4.98 Å². The van der Waals surface area contributed by atoms with Crippen LogP contribution in [0.3, 0.4) is 0 Å². The van der Waals surface area contributed by atoms with Gasteiger partial charge in [0.2, 0.25) is 0 Å². The Bertz CT molecular complexity index is 2190. The van der Waals surface area contributed by atoms with Crippen molar-refractivity contribution < 1.29 is 13.2 Å². The minimum atomic E-state index is -4.80. The Morgan fingerprint density at radius 3 is 2.00 bits per heavy atom. The topological polar surface area (TPSA) is 66.0 Å². The second-order valence-corrected chi connectivity index (χ2v) is 12.0. The Morgan fingerprint density at radius 1 is 0.690 bits per heavy atom. The monoisotopic (exact) mass is 594 g/mol. The van der Waals surface area contributed by atoms with Gasteiger partial charge in [0.05, 0.1) is 11.4 Å². The van der Waals surface area contributed by atoms with Gasteiger partial charge in [-0.15, -0.1) is 22.7 Å². The average molecular weight is 595 g/mol. The molecule has 0 unspecified atom stereocenters. The molecule has 0 spiro atoms. The second kappa shape index (κ2) is 9.97. The standard InChI is InChI=1S/C33H21F3N4S2/c34-33(35,36)32(38)18-26(37)27-16-21(13-14-39-27)40(19-10-12-30-25(15-19)23-6-2-4-8-29(23)41-30)20-9-11-24-22-5-1-3-7-28(22)42-31(24)17-20/h1-18,38H,37H2/b26-18-,38-32?. The molecule has 3 heterocycles. The minimum Gasteiger partial charge on any atom is -0.397 e. The number of hydrogen-bond acceptors (Lipinski definition) is 6. The second-order valence-electron chi connectivity index (χ2n) is 9.80. The maximum Gasteiger partial charge on any atom is 0.432 e. The highest BCUT2D eigenvalue weighted by Gasteiger charge is 2.33. The van der Waals surface area contributed by atoms with Crippen LogP contribution in [0.25, 0.3) is 46.0 Å². The third-order valence-electron chi connectivity index (χ3n) is 7.14. The number of allylic oxidation sites excluding steroid dienone is 1.